The molecule has 1 amide bonds. The van der Waals surface area contributed by atoms with Crippen LogP contribution in [-0.2, 0) is 11.3 Å². The van der Waals surface area contributed by atoms with Crippen LogP contribution in [0.4, 0.5) is 0 Å². The van der Waals surface area contributed by atoms with Gasteiger partial charge in [-0.25, -0.2) is 0 Å². The zero-order chi connectivity index (χ0) is 13.4. The first kappa shape index (κ1) is 15.1. The number of carbonyl (C=O) groups excluding carboxylic acids is 1. The van der Waals surface area contributed by atoms with E-state index in [4.69, 9.17) is 5.73 Å². The fourth-order valence-electron chi connectivity index (χ4n) is 1.54. The maximum Gasteiger partial charge on any atom is 0.233 e. The molecule has 0 fully saturated rings. The van der Waals surface area contributed by atoms with Gasteiger partial charge in [-0.3, -0.25) is 4.79 Å². The predicted molar refractivity (Wildman–Crippen MR) is 77.6 cm³/mol. The lowest BCUT2D eigenvalue weighted by Gasteiger charge is -2.12. The van der Waals surface area contributed by atoms with Crippen LogP contribution in [-0.4, -0.2) is 17.7 Å². The molecule has 0 radical (unpaired) electrons. The molecule has 0 spiro atoms. The second-order valence-corrected chi connectivity index (χ2v) is 5.67. The molecule has 0 aliphatic carbocycles. The van der Waals surface area contributed by atoms with Gasteiger partial charge in [0.05, 0.1) is 5.25 Å². The van der Waals surface area contributed by atoms with E-state index in [1.165, 1.54) is 0 Å². The lowest BCUT2D eigenvalue weighted by atomic mass is 10.2. The summed E-state index contributed by atoms with van der Waals surface area (Å²) in [5.74, 6) is 0.103. The van der Waals surface area contributed by atoms with Crippen LogP contribution in [0.1, 0.15) is 32.3 Å². The van der Waals surface area contributed by atoms with Gasteiger partial charge < -0.3 is 11.1 Å². The van der Waals surface area contributed by atoms with Crippen LogP contribution in [0, 0.1) is 0 Å². The molecule has 0 saturated heterocycles. The zero-order valence-electron chi connectivity index (χ0n) is 11.1. The van der Waals surface area contributed by atoms with Crippen molar-refractivity contribution in [1.82, 2.24) is 5.32 Å². The van der Waals surface area contributed by atoms with E-state index >= 15 is 0 Å². The number of amides is 1. The largest absolute Gasteiger partial charge is 0.355 e. The van der Waals surface area contributed by atoms with E-state index < -0.39 is 0 Å². The van der Waals surface area contributed by atoms with Crippen molar-refractivity contribution in [2.24, 2.45) is 5.73 Å². The number of thioether (sulfide) groups is 1. The molecule has 3 nitrogen and oxygen atoms in total. The van der Waals surface area contributed by atoms with Crippen LogP contribution in [0.5, 0.6) is 0 Å². The normalized spacial score (nSPS) is 12.2. The maximum absolute atomic E-state index is 11.8. The lowest BCUT2D eigenvalue weighted by Crippen LogP contribution is -2.31. The van der Waals surface area contributed by atoms with Crippen molar-refractivity contribution in [3.05, 3.63) is 29.8 Å². The van der Waals surface area contributed by atoms with Crippen molar-refractivity contribution in [1.29, 1.82) is 0 Å². The standard InChI is InChI=1S/C14H22N2OS/c1-3-4-8-16-14(17)11(2)18-13-7-5-6-12(9-13)10-15/h5-7,9,11H,3-4,8,10,15H2,1-2H3,(H,16,17). The minimum atomic E-state index is -0.0742. The van der Waals surface area contributed by atoms with Crippen LogP contribution in [0.3, 0.4) is 0 Å². The Morgan fingerprint density at radius 3 is 2.94 bits per heavy atom. The number of unbranched alkanes of at least 4 members (excludes halogenated alkanes) is 1. The lowest BCUT2D eigenvalue weighted by molar-refractivity contribution is -0.120. The van der Waals surface area contributed by atoms with Gasteiger partial charge in [0.2, 0.25) is 5.91 Å². The summed E-state index contributed by atoms with van der Waals surface area (Å²) in [6, 6.07) is 8.03. The van der Waals surface area contributed by atoms with E-state index in [0.29, 0.717) is 6.54 Å². The third-order valence-corrected chi connectivity index (χ3v) is 3.74. The van der Waals surface area contributed by atoms with Crippen LogP contribution in [0.2, 0.25) is 0 Å². The molecule has 1 rings (SSSR count). The average molecular weight is 266 g/mol. The molecule has 100 valence electrons. The number of hydrogen-bond donors (Lipinski definition) is 2. The summed E-state index contributed by atoms with van der Waals surface area (Å²) in [6.45, 7) is 5.35. The Labute approximate surface area is 114 Å². The number of nitrogens with two attached hydrogens (primary N) is 1. The van der Waals surface area contributed by atoms with Crippen molar-refractivity contribution in [2.75, 3.05) is 6.54 Å². The molecule has 18 heavy (non-hydrogen) atoms. The summed E-state index contributed by atoms with van der Waals surface area (Å²) in [6.07, 6.45) is 2.13. The molecule has 0 heterocycles. The van der Waals surface area contributed by atoms with Crippen molar-refractivity contribution >= 4 is 17.7 Å². The van der Waals surface area contributed by atoms with E-state index in [0.717, 1.165) is 29.8 Å². The highest BCUT2D eigenvalue weighted by molar-refractivity contribution is 8.00. The van der Waals surface area contributed by atoms with Crippen LogP contribution in [0.15, 0.2) is 29.2 Å². The minimum absolute atomic E-state index is 0.0742. The van der Waals surface area contributed by atoms with Crippen molar-refractivity contribution in [2.45, 2.75) is 43.4 Å². The third-order valence-electron chi connectivity index (χ3n) is 2.65. The fourth-order valence-corrected chi connectivity index (χ4v) is 2.51. The highest BCUT2D eigenvalue weighted by Crippen LogP contribution is 2.24. The van der Waals surface area contributed by atoms with Gasteiger partial charge in [-0.05, 0) is 31.0 Å². The average Bonchev–Trinajstić information content (AvgIpc) is 2.39. The summed E-state index contributed by atoms with van der Waals surface area (Å²) < 4.78 is 0. The molecule has 0 aliphatic heterocycles. The van der Waals surface area contributed by atoms with E-state index in [9.17, 15) is 4.79 Å². The van der Waals surface area contributed by atoms with Crippen molar-refractivity contribution < 1.29 is 4.79 Å². The number of hydrogen-bond acceptors (Lipinski definition) is 3. The predicted octanol–water partition coefficient (Wildman–Crippen LogP) is 2.54. The van der Waals surface area contributed by atoms with E-state index in [1.54, 1.807) is 11.8 Å². The molecule has 0 aromatic heterocycles. The first-order valence-corrected chi connectivity index (χ1v) is 7.28. The Bertz CT molecular complexity index is 382. The van der Waals surface area contributed by atoms with Crippen molar-refractivity contribution in [3.8, 4) is 0 Å². The van der Waals surface area contributed by atoms with Gasteiger partial charge in [-0.2, -0.15) is 0 Å². The molecular formula is C14H22N2OS. The van der Waals surface area contributed by atoms with Gasteiger partial charge in [-0.15, -0.1) is 11.8 Å². The summed E-state index contributed by atoms with van der Waals surface area (Å²) in [5, 5.41) is 2.87. The van der Waals surface area contributed by atoms with Crippen LogP contribution < -0.4 is 11.1 Å². The minimum Gasteiger partial charge on any atom is -0.355 e. The van der Waals surface area contributed by atoms with Gasteiger partial charge in [-0.1, -0.05) is 25.5 Å². The van der Waals surface area contributed by atoms with E-state index in [2.05, 4.69) is 12.2 Å². The number of carbonyl (C=O) groups is 1. The number of nitrogens with one attached hydrogen (secondary N) is 1. The molecule has 1 atom stereocenters. The molecule has 1 aromatic carbocycles. The maximum atomic E-state index is 11.8. The monoisotopic (exact) mass is 266 g/mol. The fraction of sp³-hybridized carbons (Fsp3) is 0.500. The molecule has 0 saturated carbocycles. The molecule has 0 bridgehead atoms. The van der Waals surface area contributed by atoms with Crippen molar-refractivity contribution in [3.63, 3.8) is 0 Å². The Balaban J connectivity index is 2.47. The highest BCUT2D eigenvalue weighted by Gasteiger charge is 2.13. The van der Waals surface area contributed by atoms with Gasteiger partial charge >= 0.3 is 0 Å². The summed E-state index contributed by atoms with van der Waals surface area (Å²) in [4.78, 5) is 12.9. The van der Waals surface area contributed by atoms with E-state index in [-0.39, 0.29) is 11.2 Å². The van der Waals surface area contributed by atoms with Gasteiger partial charge in [0, 0.05) is 18.0 Å². The number of rotatable bonds is 7. The molecule has 4 heteroatoms. The van der Waals surface area contributed by atoms with Crippen LogP contribution in [0.25, 0.3) is 0 Å². The highest BCUT2D eigenvalue weighted by atomic mass is 32.2. The Morgan fingerprint density at radius 1 is 1.50 bits per heavy atom. The van der Waals surface area contributed by atoms with E-state index in [1.807, 2.05) is 31.2 Å². The molecule has 0 aliphatic rings. The Hall–Kier alpha value is -1.00. The summed E-state index contributed by atoms with van der Waals surface area (Å²) >= 11 is 1.57. The van der Waals surface area contributed by atoms with Gasteiger partial charge in [0.25, 0.3) is 0 Å². The number of benzene rings is 1. The van der Waals surface area contributed by atoms with Gasteiger partial charge in [0.1, 0.15) is 0 Å². The molecule has 1 unspecified atom stereocenters. The first-order chi connectivity index (χ1) is 8.67. The first-order valence-electron chi connectivity index (χ1n) is 6.40. The molecule has 1 aromatic rings. The van der Waals surface area contributed by atoms with Crippen LogP contribution >= 0.6 is 11.8 Å². The summed E-state index contributed by atoms with van der Waals surface area (Å²) in [7, 11) is 0. The summed E-state index contributed by atoms with van der Waals surface area (Å²) in [5.41, 5.74) is 6.70. The second kappa shape index (κ2) is 8.16. The quantitative estimate of drug-likeness (QED) is 0.589. The Morgan fingerprint density at radius 2 is 2.28 bits per heavy atom. The SMILES string of the molecule is CCCCNC(=O)C(C)Sc1cccc(CN)c1. The molecular weight excluding hydrogens is 244 g/mol. The molecule has 3 N–H and O–H groups in total. The second-order valence-electron chi connectivity index (χ2n) is 4.26. The topological polar surface area (TPSA) is 55.1 Å². The Kier molecular flexibility index (Phi) is 6.83. The smallest absolute Gasteiger partial charge is 0.233 e. The third kappa shape index (κ3) is 5.10. The zero-order valence-corrected chi connectivity index (χ0v) is 11.9. The van der Waals surface area contributed by atoms with Gasteiger partial charge in [0.15, 0.2) is 0 Å².